The Hall–Kier alpha value is -2.35. The Morgan fingerprint density at radius 1 is 0.960 bits per heavy atom. The van der Waals surface area contributed by atoms with E-state index >= 15 is 0 Å². The lowest BCUT2D eigenvalue weighted by atomic mass is 10.1. The zero-order chi connectivity index (χ0) is 17.6. The third-order valence-electron chi connectivity index (χ3n) is 5.12. The van der Waals surface area contributed by atoms with Crippen LogP contribution in [0.4, 0.5) is 0 Å². The van der Waals surface area contributed by atoms with Gasteiger partial charge < -0.3 is 14.5 Å². The van der Waals surface area contributed by atoms with E-state index < -0.39 is 0 Å². The average molecular weight is 337 g/mol. The lowest BCUT2D eigenvalue weighted by molar-refractivity contribution is -1.02. The van der Waals surface area contributed by atoms with Crippen LogP contribution in [0.5, 0.6) is 5.75 Å². The van der Waals surface area contributed by atoms with Crippen LogP contribution >= 0.6 is 0 Å². The van der Waals surface area contributed by atoms with E-state index in [1.165, 1.54) is 16.7 Å². The van der Waals surface area contributed by atoms with Crippen molar-refractivity contribution in [2.24, 2.45) is 0 Å². The summed E-state index contributed by atoms with van der Waals surface area (Å²) in [5.41, 5.74) is 4.57. The van der Waals surface area contributed by atoms with Crippen molar-refractivity contribution in [1.82, 2.24) is 0 Å². The van der Waals surface area contributed by atoms with E-state index in [4.69, 9.17) is 4.74 Å². The summed E-state index contributed by atoms with van der Waals surface area (Å²) < 4.78 is 5.52. The van der Waals surface area contributed by atoms with Gasteiger partial charge in [-0.1, -0.05) is 29.8 Å². The summed E-state index contributed by atoms with van der Waals surface area (Å²) in [4.78, 5) is 3.18. The van der Waals surface area contributed by atoms with Crippen molar-refractivity contribution in [2.75, 3.05) is 33.3 Å². The SMILES string of the molecule is COc1ccc(C)cc1C[NH+]1CC[NH+](Cc2ccccc2C#N)CC1. The summed E-state index contributed by atoms with van der Waals surface area (Å²) in [6, 6.07) is 16.7. The molecule has 1 aliphatic heterocycles. The van der Waals surface area contributed by atoms with Crippen LogP contribution in [0, 0.1) is 18.3 Å². The number of hydrogen-bond acceptors (Lipinski definition) is 2. The Balaban J connectivity index is 1.57. The first kappa shape index (κ1) is 17.5. The number of nitrogens with one attached hydrogen (secondary N) is 2. The second kappa shape index (κ2) is 8.15. The van der Waals surface area contributed by atoms with Crippen LogP contribution in [0.3, 0.4) is 0 Å². The zero-order valence-corrected chi connectivity index (χ0v) is 15.1. The average Bonchev–Trinajstić information content (AvgIpc) is 2.64. The Morgan fingerprint density at radius 2 is 1.60 bits per heavy atom. The molecule has 2 N–H and O–H groups in total. The Kier molecular flexibility index (Phi) is 5.70. The van der Waals surface area contributed by atoms with Gasteiger partial charge >= 0.3 is 0 Å². The molecule has 0 atom stereocenters. The van der Waals surface area contributed by atoms with Gasteiger partial charge in [0.15, 0.2) is 0 Å². The minimum Gasteiger partial charge on any atom is -0.496 e. The third-order valence-corrected chi connectivity index (χ3v) is 5.12. The van der Waals surface area contributed by atoms with E-state index in [1.54, 1.807) is 16.9 Å². The van der Waals surface area contributed by atoms with E-state index in [0.717, 1.165) is 50.6 Å². The lowest BCUT2D eigenvalue weighted by Crippen LogP contribution is -3.27. The van der Waals surface area contributed by atoms with Crippen LogP contribution in [0.1, 0.15) is 22.3 Å². The van der Waals surface area contributed by atoms with Crippen LogP contribution in [-0.4, -0.2) is 33.3 Å². The molecule has 4 heteroatoms. The molecule has 130 valence electrons. The molecule has 0 spiro atoms. The molecule has 4 nitrogen and oxygen atoms in total. The number of nitrogens with zero attached hydrogens (tertiary/aromatic N) is 1. The summed E-state index contributed by atoms with van der Waals surface area (Å²) >= 11 is 0. The fourth-order valence-electron chi connectivity index (χ4n) is 3.68. The van der Waals surface area contributed by atoms with Gasteiger partial charge in [-0.2, -0.15) is 5.26 Å². The second-order valence-corrected chi connectivity index (χ2v) is 6.94. The number of methoxy groups -OCH3 is 1. The molecule has 0 aromatic heterocycles. The first-order valence-electron chi connectivity index (χ1n) is 8.98. The first-order valence-corrected chi connectivity index (χ1v) is 8.98. The summed E-state index contributed by atoms with van der Waals surface area (Å²) in [7, 11) is 1.75. The maximum Gasteiger partial charge on any atom is 0.127 e. The molecule has 1 aliphatic rings. The smallest absolute Gasteiger partial charge is 0.127 e. The van der Waals surface area contributed by atoms with E-state index in [9.17, 15) is 5.26 Å². The molecule has 1 heterocycles. The van der Waals surface area contributed by atoms with Crippen molar-refractivity contribution < 1.29 is 14.5 Å². The van der Waals surface area contributed by atoms with E-state index in [-0.39, 0.29) is 0 Å². The predicted octanol–water partition coefficient (Wildman–Crippen LogP) is 0.359. The molecule has 0 saturated carbocycles. The molecular formula is C21H27N3O+2. The van der Waals surface area contributed by atoms with Gasteiger partial charge in [0.25, 0.3) is 0 Å². The number of rotatable bonds is 5. The standard InChI is InChI=1S/C21H25N3O/c1-17-7-8-21(25-2)20(13-17)16-24-11-9-23(10-12-24)15-19-6-4-3-5-18(19)14-22/h3-8,13H,9-12,15-16H2,1-2H3/p+2. The van der Waals surface area contributed by atoms with Crippen LogP contribution in [0.15, 0.2) is 42.5 Å². The van der Waals surface area contributed by atoms with Gasteiger partial charge in [-0.25, -0.2) is 0 Å². The van der Waals surface area contributed by atoms with Gasteiger partial charge in [0, 0.05) is 11.1 Å². The molecule has 0 radical (unpaired) electrons. The van der Waals surface area contributed by atoms with Gasteiger partial charge in [-0.3, -0.25) is 0 Å². The summed E-state index contributed by atoms with van der Waals surface area (Å²) in [6.07, 6.45) is 0. The highest BCUT2D eigenvalue weighted by molar-refractivity contribution is 5.37. The number of piperazine rings is 1. The molecule has 1 saturated heterocycles. The minimum absolute atomic E-state index is 0.814. The maximum absolute atomic E-state index is 9.25. The fraction of sp³-hybridized carbons (Fsp3) is 0.381. The predicted molar refractivity (Wildman–Crippen MR) is 97.7 cm³/mol. The second-order valence-electron chi connectivity index (χ2n) is 6.94. The normalized spacial score (nSPS) is 20.0. The number of benzene rings is 2. The number of nitriles is 1. The lowest BCUT2D eigenvalue weighted by Gasteiger charge is -2.30. The molecule has 3 rings (SSSR count). The van der Waals surface area contributed by atoms with Gasteiger partial charge in [0.2, 0.25) is 0 Å². The molecule has 2 aromatic rings. The Bertz CT molecular complexity index is 758. The van der Waals surface area contributed by atoms with E-state index in [1.807, 2.05) is 18.2 Å². The van der Waals surface area contributed by atoms with Crippen molar-refractivity contribution in [3.05, 3.63) is 64.7 Å². The first-order chi connectivity index (χ1) is 12.2. The summed E-state index contributed by atoms with van der Waals surface area (Å²) in [6.45, 7) is 8.69. The van der Waals surface area contributed by atoms with E-state index in [0.29, 0.717) is 0 Å². The van der Waals surface area contributed by atoms with Crippen molar-refractivity contribution >= 4 is 0 Å². The summed E-state index contributed by atoms with van der Waals surface area (Å²) in [5, 5.41) is 9.25. The van der Waals surface area contributed by atoms with E-state index in [2.05, 4.69) is 37.3 Å². The Labute approximate surface area is 150 Å². The molecule has 2 aromatic carbocycles. The number of ether oxygens (including phenoxy) is 1. The molecular weight excluding hydrogens is 310 g/mol. The largest absolute Gasteiger partial charge is 0.496 e. The number of quaternary nitrogens is 2. The van der Waals surface area contributed by atoms with Crippen molar-refractivity contribution in [2.45, 2.75) is 20.0 Å². The number of hydrogen-bond donors (Lipinski definition) is 2. The highest BCUT2D eigenvalue weighted by Gasteiger charge is 2.24. The topological polar surface area (TPSA) is 41.9 Å². The molecule has 0 unspecified atom stereocenters. The zero-order valence-electron chi connectivity index (χ0n) is 15.1. The fourth-order valence-corrected chi connectivity index (χ4v) is 3.68. The quantitative estimate of drug-likeness (QED) is 0.827. The molecule has 25 heavy (non-hydrogen) atoms. The maximum atomic E-state index is 9.25. The van der Waals surface area contributed by atoms with Gasteiger partial charge in [-0.05, 0) is 25.1 Å². The third kappa shape index (κ3) is 4.39. The molecule has 0 amide bonds. The summed E-state index contributed by atoms with van der Waals surface area (Å²) in [5.74, 6) is 0.996. The molecule has 1 fully saturated rings. The molecule has 0 bridgehead atoms. The highest BCUT2D eigenvalue weighted by Crippen LogP contribution is 2.18. The van der Waals surface area contributed by atoms with Crippen LogP contribution in [0.25, 0.3) is 0 Å². The highest BCUT2D eigenvalue weighted by atomic mass is 16.5. The van der Waals surface area contributed by atoms with Gasteiger partial charge in [-0.15, -0.1) is 0 Å². The molecule has 0 aliphatic carbocycles. The van der Waals surface area contributed by atoms with Crippen LogP contribution in [-0.2, 0) is 13.1 Å². The Morgan fingerprint density at radius 3 is 2.24 bits per heavy atom. The van der Waals surface area contributed by atoms with Crippen LogP contribution < -0.4 is 14.5 Å². The van der Waals surface area contributed by atoms with Crippen LogP contribution in [0.2, 0.25) is 0 Å². The van der Waals surface area contributed by atoms with Gasteiger partial charge in [0.05, 0.1) is 18.7 Å². The van der Waals surface area contributed by atoms with Crippen molar-refractivity contribution in [3.8, 4) is 11.8 Å². The number of aryl methyl sites for hydroxylation is 1. The van der Waals surface area contributed by atoms with Crippen molar-refractivity contribution in [3.63, 3.8) is 0 Å². The van der Waals surface area contributed by atoms with Crippen molar-refractivity contribution in [1.29, 1.82) is 5.26 Å². The minimum atomic E-state index is 0.814. The monoisotopic (exact) mass is 337 g/mol. The van der Waals surface area contributed by atoms with Gasteiger partial charge in [0.1, 0.15) is 45.0 Å².